The van der Waals surface area contributed by atoms with E-state index in [9.17, 15) is 14.4 Å². The molecule has 1 aromatic heterocycles. The lowest BCUT2D eigenvalue weighted by atomic mass is 9.78. The number of thioether (sulfide) groups is 1. The second-order valence-electron chi connectivity index (χ2n) is 9.56. The minimum atomic E-state index is -0.471. The van der Waals surface area contributed by atoms with Crippen molar-refractivity contribution in [3.63, 3.8) is 0 Å². The van der Waals surface area contributed by atoms with Crippen molar-refractivity contribution in [2.45, 2.75) is 70.1 Å². The first-order valence-corrected chi connectivity index (χ1v) is 12.9. The van der Waals surface area contributed by atoms with Gasteiger partial charge in [-0.2, -0.15) is 0 Å². The molecule has 33 heavy (non-hydrogen) atoms. The molecule has 2 aliphatic rings. The lowest BCUT2D eigenvalue weighted by molar-refractivity contribution is -0.134. The highest BCUT2D eigenvalue weighted by Gasteiger charge is 2.35. The van der Waals surface area contributed by atoms with Crippen molar-refractivity contribution < 1.29 is 14.3 Å². The number of hydrogen-bond donors (Lipinski definition) is 0. The Morgan fingerprint density at radius 2 is 1.94 bits per heavy atom. The molecule has 1 aliphatic carbocycles. The first-order chi connectivity index (χ1) is 15.9. The Balaban J connectivity index is 1.61. The minimum Gasteiger partial charge on any atom is -0.465 e. The summed E-state index contributed by atoms with van der Waals surface area (Å²) in [5.74, 6) is 0.801. The number of esters is 1. The van der Waals surface area contributed by atoms with E-state index in [1.165, 1.54) is 44.6 Å². The Morgan fingerprint density at radius 3 is 2.70 bits per heavy atom. The maximum atomic E-state index is 13.3. The number of likely N-dealkylation sites (tertiary alicyclic amines) is 1. The molecule has 178 valence electrons. The molecule has 0 spiro atoms. The Morgan fingerprint density at radius 1 is 1.18 bits per heavy atom. The van der Waals surface area contributed by atoms with Crippen molar-refractivity contribution in [2.24, 2.45) is 11.8 Å². The fourth-order valence-electron chi connectivity index (χ4n) is 5.23. The summed E-state index contributed by atoms with van der Waals surface area (Å²) in [5, 5.41) is 0.980. The van der Waals surface area contributed by atoms with Gasteiger partial charge in [0.2, 0.25) is 5.91 Å². The van der Waals surface area contributed by atoms with Crippen LogP contribution in [0.5, 0.6) is 0 Å². The predicted octanol–water partition coefficient (Wildman–Crippen LogP) is 4.11. The highest BCUT2D eigenvalue weighted by Crippen LogP contribution is 2.35. The number of fused-ring (bicyclic) bond motifs is 2. The first kappa shape index (κ1) is 23.8. The monoisotopic (exact) mass is 471 g/mol. The smallest absolute Gasteiger partial charge is 0.337 e. The van der Waals surface area contributed by atoms with Crippen LogP contribution in [0, 0.1) is 11.8 Å². The maximum Gasteiger partial charge on any atom is 0.337 e. The molecule has 7 nitrogen and oxygen atoms in total. The van der Waals surface area contributed by atoms with Crippen LogP contribution in [0.3, 0.4) is 0 Å². The van der Waals surface area contributed by atoms with Crippen LogP contribution in [0.2, 0.25) is 0 Å². The summed E-state index contributed by atoms with van der Waals surface area (Å²) >= 11 is 1.32. The lowest BCUT2D eigenvalue weighted by Gasteiger charge is -2.44. The molecule has 8 heteroatoms. The van der Waals surface area contributed by atoms with Gasteiger partial charge in [0, 0.05) is 19.1 Å². The molecule has 2 fully saturated rings. The minimum absolute atomic E-state index is 0.130. The Kier molecular flexibility index (Phi) is 7.41. The summed E-state index contributed by atoms with van der Waals surface area (Å²) in [6, 6.07) is 5.17. The Bertz CT molecular complexity index is 1090. The second-order valence-corrected chi connectivity index (χ2v) is 10.5. The SMILES string of the molecule is COC(=O)c1ccc2c(=O)n(CC(C)C)c(SCC(=O)N3CCC[C@@H]4CCCC[C@@H]43)nc2c1. The van der Waals surface area contributed by atoms with Gasteiger partial charge in [0.25, 0.3) is 5.56 Å². The van der Waals surface area contributed by atoms with Gasteiger partial charge in [-0.25, -0.2) is 9.78 Å². The first-order valence-electron chi connectivity index (χ1n) is 11.9. The van der Waals surface area contributed by atoms with E-state index >= 15 is 0 Å². The third-order valence-corrected chi connectivity index (χ3v) is 7.74. The third kappa shape index (κ3) is 5.10. The van der Waals surface area contributed by atoms with E-state index < -0.39 is 5.97 Å². The van der Waals surface area contributed by atoms with E-state index in [2.05, 4.69) is 4.90 Å². The number of rotatable bonds is 6. The van der Waals surface area contributed by atoms with Crippen LogP contribution in [-0.4, -0.2) is 51.8 Å². The van der Waals surface area contributed by atoms with Crippen LogP contribution < -0.4 is 5.56 Å². The highest BCUT2D eigenvalue weighted by atomic mass is 32.2. The molecule has 1 aromatic carbocycles. The number of carbonyl (C=O) groups is 2. The van der Waals surface area contributed by atoms with Crippen LogP contribution in [0.1, 0.15) is 62.7 Å². The number of carbonyl (C=O) groups excluding carboxylic acids is 2. The summed E-state index contributed by atoms with van der Waals surface area (Å²) in [7, 11) is 1.32. The van der Waals surface area contributed by atoms with E-state index in [-0.39, 0.29) is 23.1 Å². The number of aromatic nitrogens is 2. The topological polar surface area (TPSA) is 81.5 Å². The number of benzene rings is 1. The van der Waals surface area contributed by atoms with Gasteiger partial charge >= 0.3 is 5.97 Å². The molecule has 1 saturated carbocycles. The molecule has 0 N–H and O–H groups in total. The fraction of sp³-hybridized carbons (Fsp3) is 0.600. The van der Waals surface area contributed by atoms with E-state index in [0.717, 1.165) is 19.4 Å². The van der Waals surface area contributed by atoms with Gasteiger partial charge in [0.05, 0.1) is 29.3 Å². The number of methoxy groups -OCH3 is 1. The maximum absolute atomic E-state index is 13.3. The molecule has 0 bridgehead atoms. The van der Waals surface area contributed by atoms with Crippen molar-refractivity contribution >= 4 is 34.5 Å². The van der Waals surface area contributed by atoms with E-state index in [0.29, 0.717) is 40.1 Å². The Labute approximate surface area is 198 Å². The molecule has 0 radical (unpaired) electrons. The molecule has 2 heterocycles. The molecule has 4 rings (SSSR count). The van der Waals surface area contributed by atoms with Crippen LogP contribution >= 0.6 is 11.8 Å². The number of piperidine rings is 1. The van der Waals surface area contributed by atoms with Crippen molar-refractivity contribution in [2.75, 3.05) is 19.4 Å². The van der Waals surface area contributed by atoms with Crippen molar-refractivity contribution in [1.29, 1.82) is 0 Å². The zero-order chi connectivity index (χ0) is 23.5. The molecule has 0 unspecified atom stereocenters. The zero-order valence-electron chi connectivity index (χ0n) is 19.7. The van der Waals surface area contributed by atoms with Crippen LogP contribution in [0.4, 0.5) is 0 Å². The van der Waals surface area contributed by atoms with E-state index in [1.807, 2.05) is 13.8 Å². The summed E-state index contributed by atoms with van der Waals surface area (Å²) in [5.41, 5.74) is 0.649. The lowest BCUT2D eigenvalue weighted by Crippen LogP contribution is -2.50. The van der Waals surface area contributed by atoms with Gasteiger partial charge in [0.15, 0.2) is 5.16 Å². The number of nitrogens with zero attached hydrogens (tertiary/aromatic N) is 3. The number of ether oxygens (including phenoxy) is 1. The van der Waals surface area contributed by atoms with Crippen molar-refractivity contribution in [3.05, 3.63) is 34.1 Å². The second kappa shape index (κ2) is 10.3. The van der Waals surface area contributed by atoms with Gasteiger partial charge in [-0.3, -0.25) is 14.2 Å². The average molecular weight is 472 g/mol. The summed E-state index contributed by atoms with van der Waals surface area (Å²) < 4.78 is 6.48. The summed E-state index contributed by atoms with van der Waals surface area (Å²) in [4.78, 5) is 45.2. The van der Waals surface area contributed by atoms with Crippen molar-refractivity contribution in [1.82, 2.24) is 14.5 Å². The molecule has 1 amide bonds. The molecular weight excluding hydrogens is 438 g/mol. The number of hydrogen-bond acceptors (Lipinski definition) is 6. The zero-order valence-corrected chi connectivity index (χ0v) is 20.5. The van der Waals surface area contributed by atoms with Gasteiger partial charge in [0.1, 0.15) is 0 Å². The number of amides is 1. The quantitative estimate of drug-likeness (QED) is 0.358. The molecule has 2 aromatic rings. The average Bonchev–Trinajstić information content (AvgIpc) is 2.83. The molecule has 1 saturated heterocycles. The third-order valence-electron chi connectivity index (χ3n) is 6.78. The molecular formula is C25H33N3O4S. The van der Waals surface area contributed by atoms with Crippen LogP contribution in [0.15, 0.2) is 28.2 Å². The summed E-state index contributed by atoms with van der Waals surface area (Å²) in [6.45, 7) is 5.44. The largest absolute Gasteiger partial charge is 0.465 e. The van der Waals surface area contributed by atoms with Crippen molar-refractivity contribution in [3.8, 4) is 0 Å². The van der Waals surface area contributed by atoms with E-state index in [4.69, 9.17) is 9.72 Å². The van der Waals surface area contributed by atoms with Gasteiger partial charge in [-0.15, -0.1) is 0 Å². The summed E-state index contributed by atoms with van der Waals surface area (Å²) in [6.07, 6.45) is 7.09. The van der Waals surface area contributed by atoms with Gasteiger partial charge in [-0.1, -0.05) is 38.5 Å². The van der Waals surface area contributed by atoms with E-state index in [1.54, 1.807) is 22.8 Å². The molecule has 1 aliphatic heterocycles. The predicted molar refractivity (Wildman–Crippen MR) is 130 cm³/mol. The highest BCUT2D eigenvalue weighted by molar-refractivity contribution is 7.99. The van der Waals surface area contributed by atoms with Crippen LogP contribution in [0.25, 0.3) is 10.9 Å². The van der Waals surface area contributed by atoms with Crippen LogP contribution in [-0.2, 0) is 16.1 Å². The standard InChI is InChI=1S/C25H33N3O4S/c1-16(2)14-28-23(30)19-11-10-18(24(31)32-3)13-20(19)26-25(28)33-15-22(29)27-12-6-8-17-7-4-5-9-21(17)27/h10-11,13,16-17,21H,4-9,12,14-15H2,1-3H3/t17-,21-/m0/s1. The fourth-order valence-corrected chi connectivity index (χ4v) is 6.12. The normalized spacial score (nSPS) is 20.7. The van der Waals surface area contributed by atoms with Gasteiger partial charge in [-0.05, 0) is 55.7 Å². The molecule has 2 atom stereocenters. The van der Waals surface area contributed by atoms with Gasteiger partial charge < -0.3 is 9.64 Å². The Hall–Kier alpha value is -2.35.